The van der Waals surface area contributed by atoms with Crippen LogP contribution in [0.15, 0.2) is 78.5 Å². The Balaban J connectivity index is 1.09. The number of benzene rings is 2. The number of rotatable bonds is 7. The summed E-state index contributed by atoms with van der Waals surface area (Å²) in [5, 5.41) is 12.1. The summed E-state index contributed by atoms with van der Waals surface area (Å²) >= 11 is 0. The number of hydrogen-bond donors (Lipinski definition) is 2. The molecule has 0 spiro atoms. The van der Waals surface area contributed by atoms with E-state index in [1.807, 2.05) is 35.2 Å². The maximum Gasteiger partial charge on any atom is 0.337 e. The lowest BCUT2D eigenvalue weighted by Gasteiger charge is -2.28. The summed E-state index contributed by atoms with van der Waals surface area (Å²) in [6, 6.07) is 21.3. The number of piperidine rings is 1. The van der Waals surface area contributed by atoms with Crippen molar-refractivity contribution in [3.05, 3.63) is 95.2 Å². The zero-order chi connectivity index (χ0) is 24.9. The Kier molecular flexibility index (Phi) is 6.98. The molecule has 0 bridgehead atoms. The number of ether oxygens (including phenoxy) is 1. The zero-order valence-electron chi connectivity index (χ0n) is 20.0. The number of hydrogen-bond acceptors (Lipinski definition) is 4. The summed E-state index contributed by atoms with van der Waals surface area (Å²) in [5.41, 5.74) is 3.80. The van der Waals surface area contributed by atoms with Gasteiger partial charge in [0.15, 0.2) is 0 Å². The molecule has 7 heteroatoms. The number of nitrogens with zero attached hydrogens (tertiary/aromatic N) is 2. The van der Waals surface area contributed by atoms with Crippen molar-refractivity contribution in [3.63, 3.8) is 0 Å². The molecule has 0 radical (unpaired) electrons. The van der Waals surface area contributed by atoms with E-state index < -0.39 is 5.97 Å². The summed E-state index contributed by atoms with van der Waals surface area (Å²) in [6.45, 7) is 2.15. The van der Waals surface area contributed by atoms with Crippen molar-refractivity contribution >= 4 is 18.1 Å². The number of likely N-dealkylation sites (tertiary alicyclic amines) is 1. The highest BCUT2D eigenvalue weighted by Crippen LogP contribution is 2.46. The van der Waals surface area contributed by atoms with Crippen LogP contribution in [0.5, 0.6) is 11.6 Å². The van der Waals surface area contributed by atoms with Crippen LogP contribution in [0.1, 0.15) is 46.7 Å². The van der Waals surface area contributed by atoms with Gasteiger partial charge in [-0.3, -0.25) is 0 Å². The first kappa shape index (κ1) is 23.6. The second kappa shape index (κ2) is 10.6. The summed E-state index contributed by atoms with van der Waals surface area (Å²) in [4.78, 5) is 29.6. The summed E-state index contributed by atoms with van der Waals surface area (Å²) in [7, 11) is 0. The van der Waals surface area contributed by atoms with E-state index in [1.54, 1.807) is 6.07 Å². The van der Waals surface area contributed by atoms with E-state index >= 15 is 0 Å². The summed E-state index contributed by atoms with van der Waals surface area (Å²) < 4.78 is 5.78. The van der Waals surface area contributed by atoms with Gasteiger partial charge in [-0.25, -0.2) is 14.6 Å². The number of amides is 2. The summed E-state index contributed by atoms with van der Waals surface area (Å²) in [5.74, 6) is 1.06. The number of aromatic nitrogens is 1. The van der Waals surface area contributed by atoms with Crippen LogP contribution in [0.3, 0.4) is 0 Å². The Morgan fingerprint density at radius 2 is 1.86 bits per heavy atom. The van der Waals surface area contributed by atoms with E-state index in [0.717, 1.165) is 31.4 Å². The Morgan fingerprint density at radius 1 is 1.06 bits per heavy atom. The molecular formula is C29H29N3O4. The molecule has 2 unspecified atom stereocenters. The molecule has 2 aliphatic rings. The molecule has 2 fully saturated rings. The van der Waals surface area contributed by atoms with E-state index in [1.165, 1.54) is 23.4 Å². The number of pyridine rings is 1. The number of carbonyl (C=O) groups is 2. The average Bonchev–Trinajstić information content (AvgIpc) is 3.69. The highest BCUT2D eigenvalue weighted by Gasteiger charge is 2.38. The minimum atomic E-state index is -1.02. The number of aromatic carboxylic acids is 1. The Morgan fingerprint density at radius 3 is 2.58 bits per heavy atom. The van der Waals surface area contributed by atoms with Crippen LogP contribution in [0.2, 0.25) is 0 Å². The predicted molar refractivity (Wildman–Crippen MR) is 137 cm³/mol. The third-order valence-corrected chi connectivity index (χ3v) is 6.79. The quantitative estimate of drug-likeness (QED) is 0.459. The van der Waals surface area contributed by atoms with Crippen LogP contribution in [-0.4, -0.2) is 46.6 Å². The van der Waals surface area contributed by atoms with Crippen molar-refractivity contribution in [1.82, 2.24) is 15.2 Å². The van der Waals surface area contributed by atoms with Crippen molar-refractivity contribution in [2.75, 3.05) is 19.6 Å². The van der Waals surface area contributed by atoms with E-state index in [0.29, 0.717) is 36.6 Å². The molecule has 2 amide bonds. The second-order valence-electron chi connectivity index (χ2n) is 9.35. The number of urea groups is 1. The van der Waals surface area contributed by atoms with Crippen LogP contribution in [-0.2, 0) is 0 Å². The predicted octanol–water partition coefficient (Wildman–Crippen LogP) is 5.56. The lowest BCUT2D eigenvalue weighted by molar-refractivity contribution is 0.0696. The topological polar surface area (TPSA) is 91.8 Å². The molecule has 2 N–H and O–H groups in total. The highest BCUT2D eigenvalue weighted by molar-refractivity contribution is 5.87. The first-order valence-electron chi connectivity index (χ1n) is 12.3. The molecular weight excluding hydrogens is 454 g/mol. The van der Waals surface area contributed by atoms with Crippen molar-refractivity contribution in [3.8, 4) is 11.6 Å². The fraction of sp³-hybridized carbons (Fsp3) is 0.276. The lowest BCUT2D eigenvalue weighted by Crippen LogP contribution is -2.43. The highest BCUT2D eigenvalue weighted by atomic mass is 16.5. The molecule has 36 heavy (non-hydrogen) atoms. The van der Waals surface area contributed by atoms with Gasteiger partial charge in [-0.1, -0.05) is 54.1 Å². The van der Waals surface area contributed by atoms with E-state index in [9.17, 15) is 9.59 Å². The van der Waals surface area contributed by atoms with Gasteiger partial charge in [0.25, 0.3) is 0 Å². The monoisotopic (exact) mass is 483 g/mol. The molecule has 1 saturated carbocycles. The number of carboxylic acids is 1. The third-order valence-electron chi connectivity index (χ3n) is 6.79. The minimum absolute atomic E-state index is 0.0320. The molecule has 2 heterocycles. The van der Waals surface area contributed by atoms with Crippen LogP contribution in [0.4, 0.5) is 4.79 Å². The molecule has 2 atom stereocenters. The van der Waals surface area contributed by atoms with Crippen molar-refractivity contribution < 1.29 is 19.4 Å². The molecule has 184 valence electrons. The first-order valence-corrected chi connectivity index (χ1v) is 12.3. The molecule has 1 aliphatic carbocycles. The van der Waals surface area contributed by atoms with Crippen molar-refractivity contribution in [2.45, 2.75) is 25.2 Å². The van der Waals surface area contributed by atoms with Crippen LogP contribution < -0.4 is 10.1 Å². The number of carboxylic acid groups (broad SMARTS) is 1. The van der Waals surface area contributed by atoms with Gasteiger partial charge < -0.3 is 20.1 Å². The number of nitrogens with one attached hydrogen (secondary N) is 1. The Hall–Kier alpha value is -4.13. The average molecular weight is 484 g/mol. The van der Waals surface area contributed by atoms with Crippen LogP contribution in [0, 0.1) is 5.92 Å². The zero-order valence-corrected chi connectivity index (χ0v) is 20.0. The second-order valence-corrected chi connectivity index (χ2v) is 9.35. The van der Waals surface area contributed by atoms with Gasteiger partial charge in [-0.05, 0) is 60.4 Å². The normalized spacial score (nSPS) is 18.9. The third kappa shape index (κ3) is 5.92. The standard InChI is InChI=1S/C29H29N3O4/c33-28(34)23-9-10-27(30-18-23)36-25-8-4-5-21(16-25)15-20-11-13-32(14-12-20)29(35)31-19-24-17-26(24)22-6-2-1-3-7-22/h1-10,15-16,18,24,26H,11-14,17,19H2,(H,31,35)(H,33,34). The maximum absolute atomic E-state index is 12.7. The maximum atomic E-state index is 12.7. The van der Waals surface area contributed by atoms with Gasteiger partial charge >= 0.3 is 12.0 Å². The molecule has 1 saturated heterocycles. The van der Waals surface area contributed by atoms with Gasteiger partial charge in [-0.15, -0.1) is 0 Å². The smallest absolute Gasteiger partial charge is 0.337 e. The Bertz CT molecular complexity index is 1250. The van der Waals surface area contributed by atoms with Crippen LogP contribution in [0.25, 0.3) is 6.08 Å². The SMILES string of the molecule is O=C(O)c1ccc(Oc2cccc(C=C3CCN(C(=O)NCC4CC4c4ccccc4)CC3)c2)nc1. The van der Waals surface area contributed by atoms with E-state index in [-0.39, 0.29) is 11.6 Å². The van der Waals surface area contributed by atoms with Crippen molar-refractivity contribution in [2.24, 2.45) is 5.92 Å². The minimum Gasteiger partial charge on any atom is -0.478 e. The fourth-order valence-electron chi connectivity index (χ4n) is 4.64. The first-order chi connectivity index (χ1) is 17.5. The molecule has 2 aromatic carbocycles. The van der Waals surface area contributed by atoms with E-state index in [2.05, 4.69) is 40.6 Å². The van der Waals surface area contributed by atoms with Gasteiger partial charge in [0.2, 0.25) is 5.88 Å². The molecule has 5 rings (SSSR count). The fourth-order valence-corrected chi connectivity index (χ4v) is 4.64. The van der Waals surface area contributed by atoms with Gasteiger partial charge in [-0.2, -0.15) is 0 Å². The largest absolute Gasteiger partial charge is 0.478 e. The van der Waals surface area contributed by atoms with Crippen LogP contribution >= 0.6 is 0 Å². The van der Waals surface area contributed by atoms with E-state index in [4.69, 9.17) is 9.84 Å². The van der Waals surface area contributed by atoms with Gasteiger partial charge in [0.1, 0.15) is 5.75 Å². The molecule has 1 aromatic heterocycles. The Labute approximate surface area is 210 Å². The molecule has 1 aliphatic heterocycles. The lowest BCUT2D eigenvalue weighted by atomic mass is 10.0. The van der Waals surface area contributed by atoms with Crippen molar-refractivity contribution in [1.29, 1.82) is 0 Å². The molecule has 7 nitrogen and oxygen atoms in total. The van der Waals surface area contributed by atoms with Gasteiger partial charge in [0, 0.05) is 31.9 Å². The number of carbonyl (C=O) groups excluding carboxylic acids is 1. The molecule has 3 aromatic rings. The van der Waals surface area contributed by atoms with Gasteiger partial charge in [0.05, 0.1) is 5.56 Å². The summed E-state index contributed by atoms with van der Waals surface area (Å²) in [6.07, 6.45) is 6.25.